The number of fused-ring (bicyclic) bond motifs is 1. The van der Waals surface area contributed by atoms with Gasteiger partial charge in [0.05, 0.1) is 12.6 Å². The smallest absolute Gasteiger partial charge is 0.250 e. The number of ether oxygens (including phenoxy) is 1. The van der Waals surface area contributed by atoms with E-state index in [0.29, 0.717) is 0 Å². The first kappa shape index (κ1) is 18.5. The summed E-state index contributed by atoms with van der Waals surface area (Å²) in [6.07, 6.45) is 3.14. The number of anilines is 1. The van der Waals surface area contributed by atoms with Gasteiger partial charge in [0.2, 0.25) is 5.91 Å². The summed E-state index contributed by atoms with van der Waals surface area (Å²) in [5.41, 5.74) is 3.50. The van der Waals surface area contributed by atoms with Gasteiger partial charge in [0.15, 0.2) is 5.11 Å². The second-order valence-electron chi connectivity index (χ2n) is 5.87. The molecule has 0 saturated carbocycles. The highest BCUT2D eigenvalue weighted by Gasteiger charge is 2.06. The number of nitrogens with zero attached hydrogens (tertiary/aromatic N) is 1. The summed E-state index contributed by atoms with van der Waals surface area (Å²) in [5, 5.41) is 6.87. The minimum Gasteiger partial charge on any atom is -0.497 e. The number of thiocarbonyl (C=S) groups is 1. The van der Waals surface area contributed by atoms with E-state index >= 15 is 0 Å². The van der Waals surface area contributed by atoms with Crippen molar-refractivity contribution in [3.8, 4) is 5.75 Å². The maximum Gasteiger partial charge on any atom is 0.250 e. The molecule has 3 rings (SSSR count). The number of aromatic nitrogens is 1. The lowest BCUT2D eigenvalue weighted by Crippen LogP contribution is -2.32. The minimum absolute atomic E-state index is 0.229. The van der Waals surface area contributed by atoms with E-state index in [2.05, 4.69) is 15.6 Å². The maximum absolute atomic E-state index is 12.1. The zero-order valence-corrected chi connectivity index (χ0v) is 15.8. The monoisotopic (exact) mass is 377 g/mol. The number of nitrogens with one attached hydrogen (secondary N) is 2. The first-order valence-corrected chi connectivity index (χ1v) is 8.76. The largest absolute Gasteiger partial charge is 0.497 e. The van der Waals surface area contributed by atoms with Gasteiger partial charge in [-0.15, -0.1) is 0 Å². The molecule has 0 aliphatic heterocycles. The number of benzene rings is 2. The first-order valence-electron chi connectivity index (χ1n) is 8.35. The van der Waals surface area contributed by atoms with Crippen LogP contribution in [0.5, 0.6) is 5.75 Å². The minimum atomic E-state index is -0.308. The Labute approximate surface area is 163 Å². The molecule has 27 heavy (non-hydrogen) atoms. The highest BCUT2D eigenvalue weighted by atomic mass is 32.1. The molecule has 136 valence electrons. The summed E-state index contributed by atoms with van der Waals surface area (Å²) in [6, 6.07) is 17.0. The van der Waals surface area contributed by atoms with Gasteiger partial charge in [0.1, 0.15) is 5.75 Å². The fourth-order valence-electron chi connectivity index (χ4n) is 2.56. The van der Waals surface area contributed by atoms with E-state index in [1.807, 2.05) is 61.5 Å². The third kappa shape index (κ3) is 4.89. The highest BCUT2D eigenvalue weighted by molar-refractivity contribution is 7.80. The van der Waals surface area contributed by atoms with E-state index in [4.69, 9.17) is 17.0 Å². The molecule has 3 aromatic rings. The molecule has 0 unspecified atom stereocenters. The van der Waals surface area contributed by atoms with Gasteiger partial charge in [-0.1, -0.05) is 18.2 Å². The van der Waals surface area contributed by atoms with Crippen molar-refractivity contribution >= 4 is 45.9 Å². The first-order chi connectivity index (χ1) is 13.0. The van der Waals surface area contributed by atoms with E-state index in [1.54, 1.807) is 13.2 Å². The lowest BCUT2D eigenvalue weighted by Gasteiger charge is -2.11. The summed E-state index contributed by atoms with van der Waals surface area (Å²) < 4.78 is 5.11. The van der Waals surface area contributed by atoms with E-state index in [9.17, 15) is 4.79 Å². The Balaban J connectivity index is 1.63. The molecule has 0 aliphatic rings. The summed E-state index contributed by atoms with van der Waals surface area (Å²) >= 11 is 5.25. The number of hydrogen-bond donors (Lipinski definition) is 2. The fourth-order valence-corrected chi connectivity index (χ4v) is 2.77. The molecular weight excluding hydrogens is 358 g/mol. The summed E-state index contributed by atoms with van der Waals surface area (Å²) in [6.45, 7) is 1.94. The Morgan fingerprint density at radius 3 is 2.63 bits per heavy atom. The third-order valence-corrected chi connectivity index (χ3v) is 4.10. The van der Waals surface area contributed by atoms with Crippen molar-refractivity contribution in [1.29, 1.82) is 0 Å². The molecule has 1 amide bonds. The van der Waals surface area contributed by atoms with Crippen LogP contribution in [0.4, 0.5) is 5.69 Å². The molecule has 0 spiro atoms. The number of carbonyl (C=O) groups is 1. The van der Waals surface area contributed by atoms with Crippen LogP contribution < -0.4 is 15.4 Å². The van der Waals surface area contributed by atoms with Crippen LogP contribution in [0.15, 0.2) is 60.7 Å². The van der Waals surface area contributed by atoms with Gasteiger partial charge in [-0.05, 0) is 67.2 Å². The van der Waals surface area contributed by atoms with Crippen LogP contribution in [0.2, 0.25) is 0 Å². The maximum atomic E-state index is 12.1. The molecule has 5 nitrogen and oxygen atoms in total. The van der Waals surface area contributed by atoms with E-state index in [0.717, 1.165) is 33.6 Å². The van der Waals surface area contributed by atoms with Crippen molar-refractivity contribution in [3.05, 3.63) is 71.9 Å². The molecule has 2 N–H and O–H groups in total. The number of carbonyl (C=O) groups excluding carboxylic acids is 1. The second-order valence-corrected chi connectivity index (χ2v) is 6.28. The van der Waals surface area contributed by atoms with Gasteiger partial charge in [0, 0.05) is 22.8 Å². The van der Waals surface area contributed by atoms with Crippen LogP contribution in [-0.4, -0.2) is 23.1 Å². The Hall–Kier alpha value is -3.25. The Kier molecular flexibility index (Phi) is 5.78. The molecule has 0 fully saturated rings. The van der Waals surface area contributed by atoms with Crippen LogP contribution in [0.3, 0.4) is 0 Å². The fraction of sp³-hybridized carbons (Fsp3) is 0.0952. The molecule has 0 atom stereocenters. The quantitative estimate of drug-likeness (QED) is 0.530. The predicted molar refractivity (Wildman–Crippen MR) is 113 cm³/mol. The summed E-state index contributed by atoms with van der Waals surface area (Å²) in [5.74, 6) is 0.458. The average Bonchev–Trinajstić information content (AvgIpc) is 2.66. The van der Waals surface area contributed by atoms with Crippen LogP contribution in [0.25, 0.3) is 17.0 Å². The Bertz CT molecular complexity index is 1010. The number of pyridine rings is 1. The zero-order chi connectivity index (χ0) is 19.2. The van der Waals surface area contributed by atoms with Gasteiger partial charge in [-0.25, -0.2) is 0 Å². The number of rotatable bonds is 4. The van der Waals surface area contributed by atoms with Crippen LogP contribution in [0.1, 0.15) is 11.3 Å². The third-order valence-electron chi connectivity index (χ3n) is 3.90. The molecule has 2 aromatic carbocycles. The van der Waals surface area contributed by atoms with Crippen molar-refractivity contribution < 1.29 is 9.53 Å². The SMILES string of the molecule is COc1ccc(/C=C/C(=O)NC(=S)Nc2cccc3nc(C)ccc23)cc1. The molecular formula is C21H19N3O2S. The van der Waals surface area contributed by atoms with E-state index in [1.165, 1.54) is 6.08 Å². The predicted octanol–water partition coefficient (Wildman–Crippen LogP) is 4.08. The van der Waals surface area contributed by atoms with Gasteiger partial charge in [-0.3, -0.25) is 15.1 Å². The molecule has 0 saturated heterocycles. The summed E-state index contributed by atoms with van der Waals surface area (Å²) in [7, 11) is 1.61. The number of methoxy groups -OCH3 is 1. The van der Waals surface area contributed by atoms with Gasteiger partial charge < -0.3 is 10.1 Å². The van der Waals surface area contributed by atoms with Gasteiger partial charge in [-0.2, -0.15) is 0 Å². The standard InChI is InChI=1S/C21H19N3O2S/c1-14-6-12-17-18(22-14)4-3-5-19(17)23-21(27)24-20(25)13-9-15-7-10-16(26-2)11-8-15/h3-13H,1-2H3,(H2,23,24,25,27)/b13-9+. The number of amides is 1. The Morgan fingerprint density at radius 1 is 1.11 bits per heavy atom. The topological polar surface area (TPSA) is 63.2 Å². The summed E-state index contributed by atoms with van der Waals surface area (Å²) in [4.78, 5) is 16.6. The molecule has 6 heteroatoms. The Morgan fingerprint density at radius 2 is 1.89 bits per heavy atom. The normalized spacial score (nSPS) is 10.7. The number of hydrogen-bond acceptors (Lipinski definition) is 4. The molecule has 0 bridgehead atoms. The molecule has 0 aliphatic carbocycles. The van der Waals surface area contributed by atoms with Crippen LogP contribution in [0, 0.1) is 6.92 Å². The molecule has 1 aromatic heterocycles. The van der Waals surface area contributed by atoms with Crippen molar-refractivity contribution in [2.45, 2.75) is 6.92 Å². The van der Waals surface area contributed by atoms with E-state index < -0.39 is 0 Å². The van der Waals surface area contributed by atoms with Gasteiger partial charge in [0.25, 0.3) is 0 Å². The lowest BCUT2D eigenvalue weighted by atomic mass is 10.1. The van der Waals surface area contributed by atoms with Crippen molar-refractivity contribution in [3.63, 3.8) is 0 Å². The van der Waals surface area contributed by atoms with Crippen molar-refractivity contribution in [2.24, 2.45) is 0 Å². The average molecular weight is 377 g/mol. The van der Waals surface area contributed by atoms with Crippen molar-refractivity contribution in [1.82, 2.24) is 10.3 Å². The van der Waals surface area contributed by atoms with Crippen LogP contribution >= 0.6 is 12.2 Å². The lowest BCUT2D eigenvalue weighted by molar-refractivity contribution is -0.115. The zero-order valence-electron chi connectivity index (χ0n) is 15.0. The molecule has 1 heterocycles. The van der Waals surface area contributed by atoms with Crippen LogP contribution in [-0.2, 0) is 4.79 Å². The second kappa shape index (κ2) is 8.42. The van der Waals surface area contributed by atoms with Crippen molar-refractivity contribution in [2.75, 3.05) is 12.4 Å². The van der Waals surface area contributed by atoms with Gasteiger partial charge >= 0.3 is 0 Å². The molecule has 0 radical (unpaired) electrons. The number of aryl methyl sites for hydroxylation is 1. The van der Waals surface area contributed by atoms with E-state index in [-0.39, 0.29) is 11.0 Å². The highest BCUT2D eigenvalue weighted by Crippen LogP contribution is 2.22.